The predicted molar refractivity (Wildman–Crippen MR) is 84.5 cm³/mol. The monoisotopic (exact) mass is 342 g/mol. The Morgan fingerprint density at radius 2 is 2.00 bits per heavy atom. The van der Waals surface area contributed by atoms with Gasteiger partial charge in [0.25, 0.3) is 0 Å². The molecule has 1 aromatic rings. The summed E-state index contributed by atoms with van der Waals surface area (Å²) in [4.78, 5) is 12.0. The average Bonchev–Trinajstić information content (AvgIpc) is 2.37. The maximum absolute atomic E-state index is 12.0. The van der Waals surface area contributed by atoms with E-state index >= 15 is 0 Å². The molecule has 0 aromatic heterocycles. The zero-order valence-corrected chi connectivity index (χ0v) is 13.9. The summed E-state index contributed by atoms with van der Waals surface area (Å²) in [5.74, 6) is -0.0376. The lowest BCUT2D eigenvalue weighted by atomic mass is 9.94. The summed E-state index contributed by atoms with van der Waals surface area (Å²) in [6.45, 7) is 4.37. The molecule has 0 aliphatic rings. The van der Waals surface area contributed by atoms with Crippen molar-refractivity contribution >= 4 is 21.8 Å². The van der Waals surface area contributed by atoms with Gasteiger partial charge in [-0.2, -0.15) is 0 Å². The third kappa shape index (κ3) is 6.03. The van der Waals surface area contributed by atoms with Crippen molar-refractivity contribution in [2.45, 2.75) is 38.3 Å². The Labute approximate surface area is 129 Å². The Hall–Kier alpha value is -0.910. The van der Waals surface area contributed by atoms with Gasteiger partial charge in [0.2, 0.25) is 5.91 Å². The molecule has 0 spiro atoms. The molecule has 1 unspecified atom stereocenters. The Morgan fingerprint density at radius 1 is 1.40 bits per heavy atom. The van der Waals surface area contributed by atoms with Gasteiger partial charge < -0.3 is 15.8 Å². The summed E-state index contributed by atoms with van der Waals surface area (Å²) in [5, 5.41) is 3.03. The van der Waals surface area contributed by atoms with E-state index in [0.29, 0.717) is 6.54 Å². The Bertz CT molecular complexity index is 428. The minimum atomic E-state index is -0.308. The van der Waals surface area contributed by atoms with Crippen molar-refractivity contribution in [3.63, 3.8) is 0 Å². The number of hydrogen-bond donors (Lipinski definition) is 2. The van der Waals surface area contributed by atoms with E-state index < -0.39 is 0 Å². The van der Waals surface area contributed by atoms with Gasteiger partial charge in [-0.25, -0.2) is 0 Å². The van der Waals surface area contributed by atoms with Gasteiger partial charge in [-0.3, -0.25) is 4.79 Å². The van der Waals surface area contributed by atoms with Gasteiger partial charge in [0.15, 0.2) is 0 Å². The van der Waals surface area contributed by atoms with Crippen molar-refractivity contribution in [2.75, 3.05) is 13.7 Å². The second kappa shape index (κ2) is 7.76. The lowest BCUT2D eigenvalue weighted by Gasteiger charge is -2.27. The minimum Gasteiger partial charge on any atom is -0.380 e. The molecule has 5 heteroatoms. The molecular weight excluding hydrogens is 320 g/mol. The molecule has 1 amide bonds. The fourth-order valence-electron chi connectivity index (χ4n) is 2.05. The molecule has 20 heavy (non-hydrogen) atoms. The summed E-state index contributed by atoms with van der Waals surface area (Å²) in [7, 11) is 1.57. The van der Waals surface area contributed by atoms with E-state index in [0.717, 1.165) is 10.9 Å². The number of nitrogens with one attached hydrogen (secondary N) is 1. The van der Waals surface area contributed by atoms with Gasteiger partial charge in [0.1, 0.15) is 0 Å². The minimum absolute atomic E-state index is 0.0376. The van der Waals surface area contributed by atoms with Crippen LogP contribution in [0.2, 0.25) is 0 Å². The number of amides is 1. The largest absolute Gasteiger partial charge is 0.380 e. The Balaban J connectivity index is 2.56. The second-order valence-electron chi connectivity index (χ2n) is 5.53. The summed E-state index contributed by atoms with van der Waals surface area (Å²) >= 11 is 3.41. The number of ether oxygens (including phenoxy) is 1. The summed E-state index contributed by atoms with van der Waals surface area (Å²) in [6.07, 6.45) is 0.835. The molecular formula is C15H23BrN2O2. The Kier molecular flexibility index (Phi) is 6.65. The molecule has 0 bridgehead atoms. The number of methoxy groups -OCH3 is 1. The first kappa shape index (κ1) is 17.1. The van der Waals surface area contributed by atoms with Crippen LogP contribution < -0.4 is 11.1 Å². The highest BCUT2D eigenvalue weighted by molar-refractivity contribution is 9.10. The number of carbonyl (C=O) groups excluding carboxylic acids is 1. The molecule has 0 fully saturated rings. The third-order valence-corrected chi connectivity index (χ3v) is 3.58. The molecule has 1 aromatic carbocycles. The molecule has 1 rings (SSSR count). The summed E-state index contributed by atoms with van der Waals surface area (Å²) in [5.41, 5.74) is 6.40. The number of hydrogen-bond acceptors (Lipinski definition) is 3. The SMILES string of the molecule is COC(CN)CC(=O)NC(C)(C)Cc1ccc(Br)cc1. The molecule has 4 nitrogen and oxygen atoms in total. The van der Waals surface area contributed by atoms with Gasteiger partial charge in [-0.05, 0) is 38.0 Å². The molecule has 1 atom stereocenters. The van der Waals surface area contributed by atoms with Gasteiger partial charge >= 0.3 is 0 Å². The number of nitrogens with two attached hydrogens (primary N) is 1. The lowest BCUT2D eigenvalue weighted by Crippen LogP contribution is -2.46. The maximum atomic E-state index is 12.0. The van der Waals surface area contributed by atoms with Crippen LogP contribution in [-0.4, -0.2) is 31.2 Å². The van der Waals surface area contributed by atoms with E-state index in [2.05, 4.69) is 33.4 Å². The van der Waals surface area contributed by atoms with E-state index in [9.17, 15) is 4.79 Å². The number of rotatable bonds is 7. The highest BCUT2D eigenvalue weighted by Crippen LogP contribution is 2.16. The quantitative estimate of drug-likeness (QED) is 0.798. The van der Waals surface area contributed by atoms with Crippen LogP contribution >= 0.6 is 15.9 Å². The average molecular weight is 343 g/mol. The zero-order valence-electron chi connectivity index (χ0n) is 12.3. The molecule has 0 aliphatic heterocycles. The topological polar surface area (TPSA) is 64.3 Å². The predicted octanol–water partition coefficient (Wildman–Crippen LogP) is 2.25. The van der Waals surface area contributed by atoms with Crippen LogP contribution in [-0.2, 0) is 16.0 Å². The van der Waals surface area contributed by atoms with Gasteiger partial charge in [-0.15, -0.1) is 0 Å². The smallest absolute Gasteiger partial charge is 0.223 e. The van der Waals surface area contributed by atoms with Crippen molar-refractivity contribution in [2.24, 2.45) is 5.73 Å². The molecule has 0 radical (unpaired) electrons. The molecule has 112 valence electrons. The van der Waals surface area contributed by atoms with Gasteiger partial charge in [-0.1, -0.05) is 28.1 Å². The molecule has 0 saturated heterocycles. The van der Waals surface area contributed by atoms with E-state index in [-0.39, 0.29) is 24.0 Å². The molecule has 0 saturated carbocycles. The van der Waals surface area contributed by atoms with Crippen LogP contribution in [0, 0.1) is 0 Å². The number of halogens is 1. The normalized spacial score (nSPS) is 13.1. The van der Waals surface area contributed by atoms with Crippen LogP contribution in [0.1, 0.15) is 25.8 Å². The van der Waals surface area contributed by atoms with Crippen molar-refractivity contribution in [3.8, 4) is 0 Å². The van der Waals surface area contributed by atoms with Crippen molar-refractivity contribution in [3.05, 3.63) is 34.3 Å². The van der Waals surface area contributed by atoms with E-state index in [1.165, 1.54) is 5.56 Å². The molecule has 0 aliphatic carbocycles. The molecule has 0 heterocycles. The maximum Gasteiger partial charge on any atom is 0.223 e. The van der Waals surface area contributed by atoms with Crippen LogP contribution in [0.4, 0.5) is 0 Å². The first-order valence-corrected chi connectivity index (χ1v) is 7.44. The van der Waals surface area contributed by atoms with Crippen LogP contribution in [0.3, 0.4) is 0 Å². The third-order valence-electron chi connectivity index (χ3n) is 3.05. The standard InChI is InChI=1S/C15H23BrN2O2/c1-15(2,9-11-4-6-12(16)7-5-11)18-14(19)8-13(10-17)20-3/h4-7,13H,8-10,17H2,1-3H3,(H,18,19). The van der Waals surface area contributed by atoms with Crippen molar-refractivity contribution in [1.82, 2.24) is 5.32 Å². The van der Waals surface area contributed by atoms with Gasteiger partial charge in [0.05, 0.1) is 12.5 Å². The fraction of sp³-hybridized carbons (Fsp3) is 0.533. The molecule has 3 N–H and O–H groups in total. The second-order valence-corrected chi connectivity index (χ2v) is 6.45. The van der Waals surface area contributed by atoms with Gasteiger partial charge in [0, 0.05) is 23.7 Å². The van der Waals surface area contributed by atoms with E-state index in [4.69, 9.17) is 10.5 Å². The van der Waals surface area contributed by atoms with Crippen LogP contribution in [0.5, 0.6) is 0 Å². The Morgan fingerprint density at radius 3 is 2.50 bits per heavy atom. The lowest BCUT2D eigenvalue weighted by molar-refractivity contribution is -0.124. The van der Waals surface area contributed by atoms with Crippen molar-refractivity contribution < 1.29 is 9.53 Å². The number of carbonyl (C=O) groups is 1. The van der Waals surface area contributed by atoms with Crippen molar-refractivity contribution in [1.29, 1.82) is 0 Å². The first-order valence-electron chi connectivity index (χ1n) is 6.64. The zero-order chi connectivity index (χ0) is 15.2. The fourth-order valence-corrected chi connectivity index (χ4v) is 2.32. The first-order chi connectivity index (χ1) is 9.36. The summed E-state index contributed by atoms with van der Waals surface area (Å²) in [6, 6.07) is 8.11. The highest BCUT2D eigenvalue weighted by Gasteiger charge is 2.22. The van der Waals surface area contributed by atoms with E-state index in [1.54, 1.807) is 7.11 Å². The van der Waals surface area contributed by atoms with Crippen LogP contribution in [0.25, 0.3) is 0 Å². The van der Waals surface area contributed by atoms with E-state index in [1.807, 2.05) is 26.0 Å². The van der Waals surface area contributed by atoms with Crippen LogP contribution in [0.15, 0.2) is 28.7 Å². The summed E-state index contributed by atoms with van der Waals surface area (Å²) < 4.78 is 6.18. The highest BCUT2D eigenvalue weighted by atomic mass is 79.9. The number of benzene rings is 1.